The summed E-state index contributed by atoms with van der Waals surface area (Å²) in [6.45, 7) is 1.74. The van der Waals surface area contributed by atoms with E-state index in [1.54, 1.807) is 31.2 Å². The van der Waals surface area contributed by atoms with Crippen LogP contribution in [0.3, 0.4) is 0 Å². The SMILES string of the molecule is C[C@H](Oc1ccc(C#N)cc1)C(=O)NC1CCCC1. The highest BCUT2D eigenvalue weighted by molar-refractivity contribution is 5.81. The van der Waals surface area contributed by atoms with Crippen molar-refractivity contribution in [2.75, 3.05) is 0 Å². The summed E-state index contributed by atoms with van der Waals surface area (Å²) in [5.41, 5.74) is 0.579. The molecule has 0 unspecified atom stereocenters. The molecule has 1 aromatic rings. The van der Waals surface area contributed by atoms with Gasteiger partial charge in [0, 0.05) is 6.04 Å². The molecule has 0 saturated heterocycles. The van der Waals surface area contributed by atoms with Gasteiger partial charge in [0.05, 0.1) is 11.6 Å². The first kappa shape index (κ1) is 13.4. The molecule has 1 aromatic carbocycles. The zero-order valence-corrected chi connectivity index (χ0v) is 11.1. The number of carbonyl (C=O) groups excluding carboxylic acids is 1. The number of nitrogens with one attached hydrogen (secondary N) is 1. The standard InChI is InChI=1S/C15H18N2O2/c1-11(15(18)17-13-4-2-3-5-13)19-14-8-6-12(10-16)7-9-14/h6-9,11,13H,2-5H2,1H3,(H,17,18)/t11-/m0/s1. The van der Waals surface area contributed by atoms with Gasteiger partial charge in [-0.3, -0.25) is 4.79 Å². The van der Waals surface area contributed by atoms with Crippen molar-refractivity contribution >= 4 is 5.91 Å². The Morgan fingerprint density at radius 3 is 2.58 bits per heavy atom. The zero-order valence-electron chi connectivity index (χ0n) is 11.1. The van der Waals surface area contributed by atoms with Gasteiger partial charge in [0.1, 0.15) is 5.75 Å². The molecular formula is C15H18N2O2. The molecule has 100 valence electrons. The van der Waals surface area contributed by atoms with E-state index < -0.39 is 6.10 Å². The fourth-order valence-electron chi connectivity index (χ4n) is 2.25. The van der Waals surface area contributed by atoms with Crippen molar-refractivity contribution in [3.05, 3.63) is 29.8 Å². The van der Waals surface area contributed by atoms with Crippen LogP contribution in [0, 0.1) is 11.3 Å². The number of ether oxygens (including phenoxy) is 1. The molecule has 4 nitrogen and oxygen atoms in total. The topological polar surface area (TPSA) is 62.1 Å². The Morgan fingerprint density at radius 2 is 2.00 bits per heavy atom. The summed E-state index contributed by atoms with van der Waals surface area (Å²) in [6.07, 6.45) is 3.99. The van der Waals surface area contributed by atoms with Gasteiger partial charge in [-0.2, -0.15) is 5.26 Å². The number of hydrogen-bond acceptors (Lipinski definition) is 3. The second-order valence-electron chi connectivity index (χ2n) is 4.89. The van der Waals surface area contributed by atoms with Crippen molar-refractivity contribution in [1.82, 2.24) is 5.32 Å². The van der Waals surface area contributed by atoms with Crippen molar-refractivity contribution in [1.29, 1.82) is 5.26 Å². The molecule has 1 atom stereocenters. The van der Waals surface area contributed by atoms with E-state index in [1.807, 2.05) is 6.07 Å². The van der Waals surface area contributed by atoms with Gasteiger partial charge in [0.2, 0.25) is 0 Å². The van der Waals surface area contributed by atoms with Gasteiger partial charge < -0.3 is 10.1 Å². The first-order chi connectivity index (χ1) is 9.19. The third-order valence-electron chi connectivity index (χ3n) is 3.37. The predicted octanol–water partition coefficient (Wildman–Crippen LogP) is 2.38. The average Bonchev–Trinajstić information content (AvgIpc) is 2.92. The minimum Gasteiger partial charge on any atom is -0.481 e. The number of nitrogens with zero attached hydrogens (tertiary/aromatic N) is 1. The van der Waals surface area contributed by atoms with E-state index in [0.29, 0.717) is 17.4 Å². The maximum absolute atomic E-state index is 11.9. The number of nitriles is 1. The van der Waals surface area contributed by atoms with Crippen LogP contribution >= 0.6 is 0 Å². The van der Waals surface area contributed by atoms with E-state index in [2.05, 4.69) is 5.32 Å². The summed E-state index contributed by atoms with van der Waals surface area (Å²) in [5.74, 6) is 0.532. The van der Waals surface area contributed by atoms with Crippen molar-refractivity contribution in [3.63, 3.8) is 0 Å². The second-order valence-corrected chi connectivity index (χ2v) is 4.89. The van der Waals surface area contributed by atoms with Crippen molar-refractivity contribution in [2.24, 2.45) is 0 Å². The van der Waals surface area contributed by atoms with E-state index in [1.165, 1.54) is 12.8 Å². The molecule has 1 fully saturated rings. The Hall–Kier alpha value is -2.02. The van der Waals surface area contributed by atoms with Gasteiger partial charge in [0.15, 0.2) is 6.10 Å². The van der Waals surface area contributed by atoms with E-state index in [0.717, 1.165) is 12.8 Å². The highest BCUT2D eigenvalue weighted by Crippen LogP contribution is 2.18. The average molecular weight is 258 g/mol. The summed E-state index contributed by atoms with van der Waals surface area (Å²) in [5, 5.41) is 11.7. The first-order valence-corrected chi connectivity index (χ1v) is 6.66. The van der Waals surface area contributed by atoms with E-state index in [-0.39, 0.29) is 5.91 Å². The number of carbonyl (C=O) groups is 1. The predicted molar refractivity (Wildman–Crippen MR) is 71.6 cm³/mol. The van der Waals surface area contributed by atoms with Crippen LogP contribution in [0.25, 0.3) is 0 Å². The lowest BCUT2D eigenvalue weighted by Gasteiger charge is -2.18. The molecule has 0 radical (unpaired) electrons. The minimum absolute atomic E-state index is 0.0729. The molecule has 0 heterocycles. The summed E-state index contributed by atoms with van der Waals surface area (Å²) < 4.78 is 5.56. The maximum Gasteiger partial charge on any atom is 0.260 e. The van der Waals surface area contributed by atoms with Crippen LogP contribution in [-0.4, -0.2) is 18.1 Å². The lowest BCUT2D eigenvalue weighted by atomic mass is 10.2. The quantitative estimate of drug-likeness (QED) is 0.902. The van der Waals surface area contributed by atoms with Gasteiger partial charge >= 0.3 is 0 Å². The second kappa shape index (κ2) is 6.24. The number of hydrogen-bond donors (Lipinski definition) is 1. The molecule has 4 heteroatoms. The highest BCUT2D eigenvalue weighted by atomic mass is 16.5. The lowest BCUT2D eigenvalue weighted by Crippen LogP contribution is -2.41. The molecule has 19 heavy (non-hydrogen) atoms. The molecule has 1 N–H and O–H groups in total. The maximum atomic E-state index is 11.9. The fourth-order valence-corrected chi connectivity index (χ4v) is 2.25. The summed E-state index contributed by atoms with van der Waals surface area (Å²) in [7, 11) is 0. The highest BCUT2D eigenvalue weighted by Gasteiger charge is 2.21. The van der Waals surface area contributed by atoms with Gasteiger partial charge in [-0.05, 0) is 44.0 Å². The monoisotopic (exact) mass is 258 g/mol. The van der Waals surface area contributed by atoms with Crippen LogP contribution in [0.5, 0.6) is 5.75 Å². The third-order valence-corrected chi connectivity index (χ3v) is 3.37. The molecule has 0 spiro atoms. The Morgan fingerprint density at radius 1 is 1.37 bits per heavy atom. The number of amides is 1. The van der Waals surface area contributed by atoms with Crippen LogP contribution < -0.4 is 10.1 Å². The smallest absolute Gasteiger partial charge is 0.260 e. The molecule has 1 aliphatic rings. The van der Waals surface area contributed by atoms with Crippen LogP contribution in [0.1, 0.15) is 38.2 Å². The Balaban J connectivity index is 1.86. The minimum atomic E-state index is -0.520. The molecule has 0 aliphatic heterocycles. The van der Waals surface area contributed by atoms with Gasteiger partial charge in [-0.1, -0.05) is 12.8 Å². The van der Waals surface area contributed by atoms with Gasteiger partial charge in [-0.25, -0.2) is 0 Å². The van der Waals surface area contributed by atoms with Crippen LogP contribution in [-0.2, 0) is 4.79 Å². The van der Waals surface area contributed by atoms with Crippen LogP contribution in [0.2, 0.25) is 0 Å². The number of rotatable bonds is 4. The largest absolute Gasteiger partial charge is 0.481 e. The van der Waals surface area contributed by atoms with Crippen molar-refractivity contribution in [2.45, 2.75) is 44.8 Å². The van der Waals surface area contributed by atoms with E-state index >= 15 is 0 Å². The molecule has 1 amide bonds. The summed E-state index contributed by atoms with van der Waals surface area (Å²) in [6, 6.07) is 9.12. The molecular weight excluding hydrogens is 240 g/mol. The molecule has 1 saturated carbocycles. The van der Waals surface area contributed by atoms with E-state index in [9.17, 15) is 4.79 Å². The Labute approximate surface area is 113 Å². The van der Waals surface area contributed by atoms with Crippen molar-refractivity contribution < 1.29 is 9.53 Å². The lowest BCUT2D eigenvalue weighted by molar-refractivity contribution is -0.127. The molecule has 0 bridgehead atoms. The fraction of sp³-hybridized carbons (Fsp3) is 0.467. The van der Waals surface area contributed by atoms with Gasteiger partial charge in [-0.15, -0.1) is 0 Å². The molecule has 0 aromatic heterocycles. The van der Waals surface area contributed by atoms with E-state index in [4.69, 9.17) is 10.00 Å². The normalized spacial score (nSPS) is 16.6. The summed E-state index contributed by atoms with van der Waals surface area (Å²) in [4.78, 5) is 11.9. The first-order valence-electron chi connectivity index (χ1n) is 6.66. The van der Waals surface area contributed by atoms with Crippen LogP contribution in [0.4, 0.5) is 0 Å². The molecule has 2 rings (SSSR count). The van der Waals surface area contributed by atoms with Crippen molar-refractivity contribution in [3.8, 4) is 11.8 Å². The zero-order chi connectivity index (χ0) is 13.7. The summed E-state index contributed by atoms with van der Waals surface area (Å²) >= 11 is 0. The Bertz CT molecular complexity index is 470. The van der Waals surface area contributed by atoms with Gasteiger partial charge in [0.25, 0.3) is 5.91 Å². The number of benzene rings is 1. The Kier molecular flexibility index (Phi) is 4.40. The molecule has 1 aliphatic carbocycles. The third kappa shape index (κ3) is 3.72. The van der Waals surface area contributed by atoms with Crippen LogP contribution in [0.15, 0.2) is 24.3 Å².